The molecule has 3 saturated heterocycles. The SMILES string of the molecule is Cl.O=C(O)[C@@H]1CCCCN1c1nc2ccccc2o1.O=C(OC1CCCN(Cc2ccnc(F)c2)C1)[C@@H]1CCCCN1c1nc2ccccc2o1. The number of carboxylic acid groups (broad SMARTS) is 1. The normalized spacial score (nSPS) is 21.1. The van der Waals surface area contributed by atoms with Gasteiger partial charge in [0.2, 0.25) is 5.95 Å². The second-order valence-electron chi connectivity index (χ2n) is 13.1. The molecule has 3 atom stereocenters. The van der Waals surface area contributed by atoms with E-state index in [2.05, 4.69) is 19.9 Å². The third-order valence-corrected chi connectivity index (χ3v) is 9.56. The topological polar surface area (TPSA) is 138 Å². The first kappa shape index (κ1) is 36.1. The lowest BCUT2D eigenvalue weighted by Gasteiger charge is -2.36. The van der Waals surface area contributed by atoms with E-state index in [4.69, 9.17) is 13.6 Å². The zero-order valence-electron chi connectivity index (χ0n) is 28.2. The molecule has 0 aliphatic carbocycles. The van der Waals surface area contributed by atoms with Crippen LogP contribution < -0.4 is 9.80 Å². The molecule has 5 aromatic rings. The average Bonchev–Trinajstić information content (AvgIpc) is 3.77. The van der Waals surface area contributed by atoms with E-state index in [9.17, 15) is 19.1 Å². The molecule has 3 aliphatic heterocycles. The first-order valence-corrected chi connectivity index (χ1v) is 17.4. The van der Waals surface area contributed by atoms with Crippen molar-refractivity contribution in [1.29, 1.82) is 0 Å². The summed E-state index contributed by atoms with van der Waals surface area (Å²) in [6.45, 7) is 3.56. The summed E-state index contributed by atoms with van der Waals surface area (Å²) in [6, 6.07) is 18.4. The van der Waals surface area contributed by atoms with E-state index in [0.717, 1.165) is 80.2 Å². The van der Waals surface area contributed by atoms with Crippen molar-refractivity contribution in [2.45, 2.75) is 76.1 Å². The van der Waals surface area contributed by atoms with E-state index in [-0.39, 0.29) is 30.5 Å². The van der Waals surface area contributed by atoms with Gasteiger partial charge >= 0.3 is 11.9 Å². The van der Waals surface area contributed by atoms with Crippen molar-refractivity contribution >= 4 is 58.6 Å². The third-order valence-electron chi connectivity index (χ3n) is 9.56. The number of pyridine rings is 1. The number of carboxylic acids is 1. The molecule has 3 aliphatic rings. The van der Waals surface area contributed by atoms with Crippen LogP contribution in [0.2, 0.25) is 0 Å². The van der Waals surface area contributed by atoms with Gasteiger partial charge in [-0.2, -0.15) is 14.4 Å². The van der Waals surface area contributed by atoms with Crippen molar-refractivity contribution in [2.24, 2.45) is 0 Å². The number of ether oxygens (including phenoxy) is 1. The van der Waals surface area contributed by atoms with Crippen LogP contribution in [0, 0.1) is 5.95 Å². The minimum Gasteiger partial charge on any atom is -0.480 e. The van der Waals surface area contributed by atoms with Gasteiger partial charge in [-0.15, -0.1) is 12.4 Å². The van der Waals surface area contributed by atoms with Crippen molar-refractivity contribution in [3.63, 3.8) is 0 Å². The van der Waals surface area contributed by atoms with Crippen LogP contribution >= 0.6 is 12.4 Å². The lowest BCUT2D eigenvalue weighted by molar-refractivity contribution is -0.154. The molecule has 1 unspecified atom stereocenters. The first-order chi connectivity index (χ1) is 24.4. The lowest BCUT2D eigenvalue weighted by Crippen LogP contribution is -2.48. The number of anilines is 2. The Hall–Kier alpha value is -4.75. The van der Waals surface area contributed by atoms with Gasteiger partial charge in [0.15, 0.2) is 11.2 Å². The number of carbonyl (C=O) groups excluding carboxylic acids is 1. The predicted octanol–water partition coefficient (Wildman–Crippen LogP) is 6.62. The zero-order valence-corrected chi connectivity index (χ0v) is 29.0. The van der Waals surface area contributed by atoms with Crippen LogP contribution in [0.25, 0.3) is 22.2 Å². The molecule has 0 bridgehead atoms. The van der Waals surface area contributed by atoms with Crippen molar-refractivity contribution in [3.05, 3.63) is 78.4 Å². The summed E-state index contributed by atoms with van der Waals surface area (Å²) in [5.41, 5.74) is 3.84. The molecule has 0 amide bonds. The van der Waals surface area contributed by atoms with E-state index in [1.165, 1.54) is 12.3 Å². The Balaban J connectivity index is 0.000000200. The molecule has 3 fully saturated rings. The monoisotopic (exact) mass is 720 g/mol. The number of esters is 1. The number of rotatable bonds is 7. The maximum Gasteiger partial charge on any atom is 0.329 e. The summed E-state index contributed by atoms with van der Waals surface area (Å²) in [6.07, 6.45) is 8.33. The van der Waals surface area contributed by atoms with E-state index in [0.29, 0.717) is 43.7 Å². The molecule has 0 saturated carbocycles. The predicted molar refractivity (Wildman–Crippen MR) is 191 cm³/mol. The molecule has 2 aromatic carbocycles. The Morgan fingerprint density at radius 1 is 0.804 bits per heavy atom. The molecule has 51 heavy (non-hydrogen) atoms. The number of benzene rings is 2. The maximum absolute atomic E-state index is 13.4. The second-order valence-corrected chi connectivity index (χ2v) is 13.1. The highest BCUT2D eigenvalue weighted by Crippen LogP contribution is 2.30. The van der Waals surface area contributed by atoms with Gasteiger partial charge in [0.1, 0.15) is 29.2 Å². The molecule has 6 heterocycles. The Labute approximate surface area is 301 Å². The first-order valence-electron chi connectivity index (χ1n) is 17.4. The number of hydrogen-bond acceptors (Lipinski definition) is 11. The van der Waals surface area contributed by atoms with E-state index >= 15 is 0 Å². The minimum absolute atomic E-state index is 0. The minimum atomic E-state index is -0.808. The number of halogens is 2. The van der Waals surface area contributed by atoms with E-state index in [1.807, 2.05) is 59.5 Å². The molecule has 0 radical (unpaired) electrons. The van der Waals surface area contributed by atoms with Crippen LogP contribution in [-0.4, -0.2) is 81.3 Å². The van der Waals surface area contributed by atoms with Gasteiger partial charge in [-0.1, -0.05) is 24.3 Å². The molecule has 1 N–H and O–H groups in total. The van der Waals surface area contributed by atoms with Gasteiger partial charge in [-0.05, 0) is 99.9 Å². The van der Waals surface area contributed by atoms with Crippen molar-refractivity contribution in [3.8, 4) is 0 Å². The van der Waals surface area contributed by atoms with Gasteiger partial charge in [-0.3, -0.25) is 4.90 Å². The smallest absolute Gasteiger partial charge is 0.329 e. The lowest BCUT2D eigenvalue weighted by atomic mass is 10.0. The fourth-order valence-corrected chi connectivity index (χ4v) is 7.08. The Bertz CT molecular complexity index is 1870. The van der Waals surface area contributed by atoms with Crippen LogP contribution in [0.5, 0.6) is 0 Å². The van der Waals surface area contributed by atoms with Crippen LogP contribution in [0.4, 0.5) is 16.4 Å². The van der Waals surface area contributed by atoms with Gasteiger partial charge in [0.25, 0.3) is 12.0 Å². The Kier molecular flexibility index (Phi) is 11.7. The number of piperidine rings is 3. The van der Waals surface area contributed by atoms with Crippen LogP contribution in [0.1, 0.15) is 56.9 Å². The number of hydrogen-bond donors (Lipinski definition) is 1. The van der Waals surface area contributed by atoms with E-state index < -0.39 is 18.0 Å². The molecule has 0 spiro atoms. The molecular weight excluding hydrogens is 679 g/mol. The number of fused-ring (bicyclic) bond motifs is 2. The van der Waals surface area contributed by atoms with Crippen molar-refractivity contribution in [2.75, 3.05) is 36.0 Å². The molecule has 3 aromatic heterocycles. The van der Waals surface area contributed by atoms with E-state index in [1.54, 1.807) is 4.90 Å². The third kappa shape index (κ3) is 8.59. The number of aromatic nitrogens is 3. The Morgan fingerprint density at radius 3 is 2.02 bits per heavy atom. The number of nitrogens with zero attached hydrogens (tertiary/aromatic N) is 6. The zero-order chi connectivity index (χ0) is 34.5. The summed E-state index contributed by atoms with van der Waals surface area (Å²) in [7, 11) is 0. The van der Waals surface area contributed by atoms with Crippen LogP contribution in [0.3, 0.4) is 0 Å². The maximum atomic E-state index is 13.4. The van der Waals surface area contributed by atoms with Crippen LogP contribution in [-0.2, 0) is 20.9 Å². The fraction of sp³-hybridized carbons (Fsp3) is 0.432. The highest BCUT2D eigenvalue weighted by atomic mass is 35.5. The Morgan fingerprint density at radius 2 is 1.41 bits per heavy atom. The number of likely N-dealkylation sites (tertiary alicyclic amines) is 1. The number of aliphatic carboxylic acids is 1. The van der Waals surface area contributed by atoms with Gasteiger partial charge in [0.05, 0.1) is 0 Å². The second kappa shape index (κ2) is 16.5. The highest BCUT2D eigenvalue weighted by Gasteiger charge is 2.35. The van der Waals surface area contributed by atoms with Crippen molar-refractivity contribution in [1.82, 2.24) is 19.9 Å². The molecule has 12 nitrogen and oxygen atoms in total. The number of carbonyl (C=O) groups is 2. The summed E-state index contributed by atoms with van der Waals surface area (Å²) < 4.78 is 30.9. The molecule has 8 rings (SSSR count). The summed E-state index contributed by atoms with van der Waals surface area (Å²) in [5, 5.41) is 9.23. The number of para-hydroxylation sites is 4. The average molecular weight is 721 g/mol. The van der Waals surface area contributed by atoms with Gasteiger partial charge in [0, 0.05) is 32.4 Å². The molecule has 270 valence electrons. The summed E-state index contributed by atoms with van der Waals surface area (Å²) in [5.74, 6) is -1.50. The van der Waals surface area contributed by atoms with Crippen LogP contribution in [0.15, 0.2) is 75.7 Å². The standard InChI is InChI=1S/C24H27FN4O3.C13H14N2O3.ClH/c25-22-14-17(10-11-26-22)15-28-12-5-6-18(16-28)31-23(30)20-8-3-4-13-29(20)24-27-19-7-1-2-9-21(19)32-24;16-12(17)10-6-3-4-8-15(10)13-14-9-5-1-2-7-11(9)18-13;/h1-2,7,9-11,14,18,20H,3-6,8,12-13,15-16H2;1-2,5,7,10H,3-4,6,8H2,(H,16,17);1H/t18?,20-;10-;/m00./s1. The largest absolute Gasteiger partial charge is 0.480 e. The molecule has 14 heteroatoms. The summed E-state index contributed by atoms with van der Waals surface area (Å²) in [4.78, 5) is 42.9. The highest BCUT2D eigenvalue weighted by molar-refractivity contribution is 5.85. The van der Waals surface area contributed by atoms with Crippen molar-refractivity contribution < 1.29 is 32.7 Å². The quantitative estimate of drug-likeness (QED) is 0.143. The molecular formula is C37H42ClFN6O6. The van der Waals surface area contributed by atoms with Gasteiger partial charge < -0.3 is 28.5 Å². The number of oxazole rings is 2. The fourth-order valence-electron chi connectivity index (χ4n) is 7.08. The summed E-state index contributed by atoms with van der Waals surface area (Å²) >= 11 is 0. The van der Waals surface area contributed by atoms with Gasteiger partial charge in [-0.25, -0.2) is 14.6 Å².